The van der Waals surface area contributed by atoms with Crippen molar-refractivity contribution in [3.05, 3.63) is 65.5 Å². The third-order valence-corrected chi connectivity index (χ3v) is 9.08. The molecule has 2 aromatic carbocycles. The molecule has 4 rings (SSSR count). The number of likely N-dealkylation sites (tertiary alicyclic amines) is 1. The molecule has 1 fully saturated rings. The van der Waals surface area contributed by atoms with E-state index in [-0.39, 0.29) is 19.9 Å². The van der Waals surface area contributed by atoms with Crippen LogP contribution in [0.4, 0.5) is 18.0 Å². The van der Waals surface area contributed by atoms with Crippen LogP contribution in [0.1, 0.15) is 29.5 Å². The van der Waals surface area contributed by atoms with E-state index in [0.29, 0.717) is 49.1 Å². The monoisotopic (exact) mass is 563 g/mol. The summed E-state index contributed by atoms with van der Waals surface area (Å²) in [4.78, 5) is 17.3. The van der Waals surface area contributed by atoms with Gasteiger partial charge in [0.05, 0.1) is 36.1 Å². The predicted octanol–water partition coefficient (Wildman–Crippen LogP) is 6.60. The minimum atomic E-state index is -4.52. The highest BCUT2D eigenvalue weighted by atomic mass is 28.3. The van der Waals surface area contributed by atoms with Crippen LogP contribution >= 0.6 is 0 Å². The summed E-state index contributed by atoms with van der Waals surface area (Å²) in [6.07, 6.45) is -2.85. The van der Waals surface area contributed by atoms with Crippen LogP contribution in [-0.4, -0.2) is 60.0 Å². The number of carboxylic acid groups (broad SMARTS) is 1. The fourth-order valence-electron chi connectivity index (χ4n) is 4.94. The zero-order valence-corrected chi connectivity index (χ0v) is 23.6. The van der Waals surface area contributed by atoms with Gasteiger partial charge in [0.25, 0.3) is 0 Å². The van der Waals surface area contributed by atoms with Gasteiger partial charge < -0.3 is 24.0 Å². The maximum Gasteiger partial charge on any atom is 0.416 e. The van der Waals surface area contributed by atoms with Crippen molar-refractivity contribution < 1.29 is 32.5 Å². The Balaban J connectivity index is 1.54. The molecule has 0 saturated carbocycles. The molecule has 2 heterocycles. The Hall–Kier alpha value is -2.89. The van der Waals surface area contributed by atoms with Gasteiger partial charge in [0.2, 0.25) is 0 Å². The molecule has 3 aromatic rings. The summed E-state index contributed by atoms with van der Waals surface area (Å²) in [6, 6.07) is 12.9. The molecule has 0 spiro atoms. The molecule has 1 aliphatic rings. The number of piperidine rings is 1. The van der Waals surface area contributed by atoms with Gasteiger partial charge in [-0.15, -0.1) is 0 Å². The molecule has 212 valence electrons. The molecule has 1 amide bonds. The lowest BCUT2D eigenvalue weighted by molar-refractivity contribution is -0.137. The molecular weight excluding hydrogens is 527 g/mol. The van der Waals surface area contributed by atoms with Crippen LogP contribution in [0.5, 0.6) is 0 Å². The largest absolute Gasteiger partial charge is 0.465 e. The van der Waals surface area contributed by atoms with Crippen LogP contribution < -0.4 is 0 Å². The van der Waals surface area contributed by atoms with Crippen LogP contribution in [0.25, 0.3) is 11.0 Å². The number of imidazole rings is 1. The van der Waals surface area contributed by atoms with E-state index in [1.54, 1.807) is 4.57 Å². The number of benzene rings is 2. The first kappa shape index (κ1) is 29.1. The highest BCUT2D eigenvalue weighted by molar-refractivity contribution is 6.76. The average molecular weight is 564 g/mol. The van der Waals surface area contributed by atoms with Crippen molar-refractivity contribution >= 4 is 25.2 Å². The van der Waals surface area contributed by atoms with Crippen LogP contribution in [0.2, 0.25) is 25.7 Å². The summed E-state index contributed by atoms with van der Waals surface area (Å²) in [7, 11) is -1.29. The molecule has 1 aromatic heterocycles. The van der Waals surface area contributed by atoms with Gasteiger partial charge in [-0.05, 0) is 36.6 Å². The Morgan fingerprint density at radius 3 is 2.41 bits per heavy atom. The molecule has 0 unspecified atom stereocenters. The van der Waals surface area contributed by atoms with E-state index in [2.05, 4.69) is 24.6 Å². The van der Waals surface area contributed by atoms with E-state index in [9.17, 15) is 23.1 Å². The standard InChI is InChI=1S/C28H36F3N3O4Si/c1-39(2,3)14-13-37-20-34-19-32-25-21(15-23(16-24(25)34)28(29,30)31)17-38-18-27(22-7-5-4-6-8-22)9-11-33(12-10-27)26(35)36/h4-8,15-16,19H,9-14,17-18,20H2,1-3H3,(H,35,36). The molecule has 39 heavy (non-hydrogen) atoms. The Morgan fingerprint density at radius 2 is 1.79 bits per heavy atom. The summed E-state index contributed by atoms with van der Waals surface area (Å²) in [5.74, 6) is 0. The summed E-state index contributed by atoms with van der Waals surface area (Å²) in [6.45, 7) is 8.32. The molecule has 1 aliphatic heterocycles. The van der Waals surface area contributed by atoms with Crippen molar-refractivity contribution in [2.24, 2.45) is 0 Å². The van der Waals surface area contributed by atoms with Crippen LogP contribution in [0.3, 0.4) is 0 Å². The van der Waals surface area contributed by atoms with Gasteiger partial charge in [-0.1, -0.05) is 50.0 Å². The van der Waals surface area contributed by atoms with Crippen LogP contribution in [-0.2, 0) is 34.4 Å². The molecule has 1 N–H and O–H groups in total. The van der Waals surface area contributed by atoms with E-state index < -0.39 is 31.3 Å². The quantitative estimate of drug-likeness (QED) is 0.222. The van der Waals surface area contributed by atoms with E-state index in [1.807, 2.05) is 30.3 Å². The van der Waals surface area contributed by atoms with E-state index in [0.717, 1.165) is 23.7 Å². The first-order chi connectivity index (χ1) is 18.4. The van der Waals surface area contributed by atoms with Crippen molar-refractivity contribution in [2.45, 2.75) is 63.5 Å². The fourth-order valence-corrected chi connectivity index (χ4v) is 5.70. The second kappa shape index (κ2) is 11.7. The first-order valence-corrected chi connectivity index (χ1v) is 16.8. The van der Waals surface area contributed by atoms with E-state index >= 15 is 0 Å². The normalized spacial score (nSPS) is 16.1. The van der Waals surface area contributed by atoms with Crippen molar-refractivity contribution in [3.63, 3.8) is 0 Å². The number of halogens is 3. The highest BCUT2D eigenvalue weighted by Crippen LogP contribution is 2.37. The van der Waals surface area contributed by atoms with Gasteiger partial charge in [0.1, 0.15) is 6.73 Å². The fraction of sp³-hybridized carbons (Fsp3) is 0.500. The van der Waals surface area contributed by atoms with Crippen molar-refractivity contribution in [1.29, 1.82) is 0 Å². The number of carbonyl (C=O) groups is 1. The number of hydrogen-bond donors (Lipinski definition) is 1. The molecule has 0 atom stereocenters. The van der Waals surface area contributed by atoms with Gasteiger partial charge in [0, 0.05) is 38.7 Å². The van der Waals surface area contributed by atoms with Gasteiger partial charge in [-0.3, -0.25) is 0 Å². The maximum absolute atomic E-state index is 13.8. The van der Waals surface area contributed by atoms with Gasteiger partial charge in [0.15, 0.2) is 0 Å². The number of nitrogens with zero attached hydrogens (tertiary/aromatic N) is 3. The molecule has 7 nitrogen and oxygen atoms in total. The summed E-state index contributed by atoms with van der Waals surface area (Å²) >= 11 is 0. The number of fused-ring (bicyclic) bond motifs is 1. The molecule has 11 heteroatoms. The number of amides is 1. The minimum Gasteiger partial charge on any atom is -0.465 e. The zero-order chi connectivity index (χ0) is 28.3. The van der Waals surface area contributed by atoms with Gasteiger partial charge in [-0.25, -0.2) is 9.78 Å². The van der Waals surface area contributed by atoms with Gasteiger partial charge >= 0.3 is 12.3 Å². The second-order valence-corrected chi connectivity index (χ2v) is 17.1. The SMILES string of the molecule is C[Si](C)(C)CCOCn1cnc2c(COCC3(c4ccccc4)CCN(C(=O)O)CC3)cc(C(F)(F)F)cc21. The summed E-state index contributed by atoms with van der Waals surface area (Å²) in [5.41, 5.74) is 0.994. The van der Waals surface area contributed by atoms with Crippen molar-refractivity contribution in [3.8, 4) is 0 Å². The molecule has 0 radical (unpaired) electrons. The Labute approximate surface area is 227 Å². The number of ether oxygens (including phenoxy) is 2. The number of hydrogen-bond acceptors (Lipinski definition) is 4. The lowest BCUT2D eigenvalue weighted by atomic mass is 9.73. The van der Waals surface area contributed by atoms with E-state index in [1.165, 1.54) is 11.2 Å². The lowest BCUT2D eigenvalue weighted by Crippen LogP contribution is -2.47. The first-order valence-electron chi connectivity index (χ1n) is 13.1. The molecule has 0 aliphatic carbocycles. The average Bonchev–Trinajstić information content (AvgIpc) is 3.29. The third-order valence-electron chi connectivity index (χ3n) is 7.37. The Bertz CT molecular complexity index is 1270. The molecular formula is C28H36F3N3O4Si. The minimum absolute atomic E-state index is 0.0505. The van der Waals surface area contributed by atoms with Gasteiger partial charge in [-0.2, -0.15) is 13.2 Å². The third kappa shape index (κ3) is 7.20. The Morgan fingerprint density at radius 1 is 1.10 bits per heavy atom. The van der Waals surface area contributed by atoms with Crippen LogP contribution in [0.15, 0.2) is 48.8 Å². The lowest BCUT2D eigenvalue weighted by Gasteiger charge is -2.41. The highest BCUT2D eigenvalue weighted by Gasteiger charge is 2.38. The molecule has 1 saturated heterocycles. The van der Waals surface area contributed by atoms with Crippen LogP contribution in [0, 0.1) is 0 Å². The zero-order valence-electron chi connectivity index (χ0n) is 22.6. The second-order valence-electron chi connectivity index (χ2n) is 11.5. The summed E-state index contributed by atoms with van der Waals surface area (Å²) in [5, 5.41) is 9.39. The van der Waals surface area contributed by atoms with E-state index in [4.69, 9.17) is 9.47 Å². The number of rotatable bonds is 10. The molecule has 0 bridgehead atoms. The number of aromatic nitrogens is 2. The smallest absolute Gasteiger partial charge is 0.416 e. The maximum atomic E-state index is 13.8. The van der Waals surface area contributed by atoms with Crippen molar-refractivity contribution in [2.75, 3.05) is 26.3 Å². The predicted molar refractivity (Wildman–Crippen MR) is 145 cm³/mol. The number of alkyl halides is 3. The Kier molecular flexibility index (Phi) is 8.72. The van der Waals surface area contributed by atoms with Crippen molar-refractivity contribution in [1.82, 2.24) is 14.5 Å². The topological polar surface area (TPSA) is 76.8 Å². The summed E-state index contributed by atoms with van der Waals surface area (Å²) < 4.78 is 55.0.